The highest BCUT2D eigenvalue weighted by Crippen LogP contribution is 2.32. The topological polar surface area (TPSA) is 103 Å². The van der Waals surface area contributed by atoms with Gasteiger partial charge in [-0.2, -0.15) is 0 Å². The summed E-state index contributed by atoms with van der Waals surface area (Å²) in [5.74, 6) is -0.263. The van der Waals surface area contributed by atoms with E-state index in [9.17, 15) is 14.4 Å². The van der Waals surface area contributed by atoms with Crippen LogP contribution in [0, 0.1) is 0 Å². The monoisotopic (exact) mass is 434 g/mol. The zero-order valence-corrected chi connectivity index (χ0v) is 17.4. The Morgan fingerprint density at radius 1 is 0.938 bits per heavy atom. The fourth-order valence-electron chi connectivity index (χ4n) is 3.26. The molecule has 0 fully saturated rings. The lowest BCUT2D eigenvalue weighted by Gasteiger charge is -2.14. The minimum Gasteiger partial charge on any atom is -0.454 e. The van der Waals surface area contributed by atoms with Crippen LogP contribution in [0.15, 0.2) is 60.7 Å². The first kappa shape index (κ1) is 21.2. The fourth-order valence-corrected chi connectivity index (χ4v) is 3.26. The van der Waals surface area contributed by atoms with Crippen molar-refractivity contribution < 1.29 is 28.6 Å². The number of rotatable bonds is 7. The van der Waals surface area contributed by atoms with Crippen LogP contribution in [0.2, 0.25) is 0 Å². The molecule has 3 aromatic rings. The second kappa shape index (κ2) is 9.38. The molecule has 0 radical (unpaired) electrons. The average molecular weight is 434 g/mol. The molecule has 3 aromatic carbocycles. The first-order valence-electron chi connectivity index (χ1n) is 10.1. The van der Waals surface area contributed by atoms with E-state index in [-0.39, 0.29) is 19.9 Å². The second-order valence-electron chi connectivity index (χ2n) is 7.28. The first-order chi connectivity index (χ1) is 15.5. The SMILES string of the molecule is C[C@H](OC(=O)CNC(=O)c1ccc2ccccc2c1)C(=O)NCc1ccc2c(c1)OCO2. The van der Waals surface area contributed by atoms with Gasteiger partial charge < -0.3 is 24.8 Å². The summed E-state index contributed by atoms with van der Waals surface area (Å²) in [6.07, 6.45) is -1.01. The molecule has 2 N–H and O–H groups in total. The largest absolute Gasteiger partial charge is 0.454 e. The molecule has 4 rings (SSSR count). The van der Waals surface area contributed by atoms with Crippen LogP contribution in [0.25, 0.3) is 10.8 Å². The molecule has 0 aromatic heterocycles. The van der Waals surface area contributed by atoms with E-state index in [0.717, 1.165) is 16.3 Å². The van der Waals surface area contributed by atoms with Gasteiger partial charge >= 0.3 is 5.97 Å². The number of esters is 1. The molecule has 8 heteroatoms. The van der Waals surface area contributed by atoms with Crippen molar-refractivity contribution >= 4 is 28.6 Å². The van der Waals surface area contributed by atoms with Crippen LogP contribution in [0.1, 0.15) is 22.8 Å². The van der Waals surface area contributed by atoms with E-state index in [1.54, 1.807) is 24.3 Å². The molecule has 32 heavy (non-hydrogen) atoms. The van der Waals surface area contributed by atoms with Gasteiger partial charge in [-0.3, -0.25) is 14.4 Å². The minimum absolute atomic E-state index is 0.176. The first-order valence-corrected chi connectivity index (χ1v) is 10.1. The van der Waals surface area contributed by atoms with Gasteiger partial charge in [0.2, 0.25) is 6.79 Å². The molecule has 1 aliphatic rings. The van der Waals surface area contributed by atoms with E-state index >= 15 is 0 Å². The summed E-state index contributed by atoms with van der Waals surface area (Å²) < 4.78 is 15.7. The summed E-state index contributed by atoms with van der Waals surface area (Å²) in [4.78, 5) is 36.6. The summed E-state index contributed by atoms with van der Waals surface area (Å²) in [7, 11) is 0. The highest BCUT2D eigenvalue weighted by atomic mass is 16.7. The Bertz CT molecular complexity index is 1180. The standard InChI is InChI=1S/C24H22N2O6/c1-15(23(28)25-12-16-6-9-20-21(10-16)31-14-30-20)32-22(27)13-26-24(29)19-8-7-17-4-2-3-5-18(17)11-19/h2-11,15H,12-14H2,1H3,(H,25,28)(H,26,29)/t15-/m0/s1. The van der Waals surface area contributed by atoms with Gasteiger partial charge in [0.1, 0.15) is 6.54 Å². The van der Waals surface area contributed by atoms with Crippen molar-refractivity contribution in [3.05, 3.63) is 71.8 Å². The maximum atomic E-state index is 12.3. The Morgan fingerprint density at radius 3 is 2.56 bits per heavy atom. The van der Waals surface area contributed by atoms with Crippen molar-refractivity contribution in [3.8, 4) is 11.5 Å². The van der Waals surface area contributed by atoms with E-state index in [1.807, 2.05) is 36.4 Å². The van der Waals surface area contributed by atoms with Crippen molar-refractivity contribution in [1.82, 2.24) is 10.6 Å². The van der Waals surface area contributed by atoms with Crippen LogP contribution in [-0.4, -0.2) is 37.2 Å². The lowest BCUT2D eigenvalue weighted by molar-refractivity contribution is -0.153. The van der Waals surface area contributed by atoms with Crippen molar-refractivity contribution in [2.75, 3.05) is 13.3 Å². The molecular formula is C24H22N2O6. The number of amides is 2. The van der Waals surface area contributed by atoms with Gasteiger partial charge in [-0.1, -0.05) is 36.4 Å². The Labute approximate surface area is 184 Å². The number of hydrogen-bond donors (Lipinski definition) is 2. The molecular weight excluding hydrogens is 412 g/mol. The number of benzene rings is 3. The predicted molar refractivity (Wildman–Crippen MR) is 116 cm³/mol. The summed E-state index contributed by atoms with van der Waals surface area (Å²) in [5.41, 5.74) is 1.26. The van der Waals surface area contributed by atoms with Crippen LogP contribution in [-0.2, 0) is 20.9 Å². The molecule has 164 valence electrons. The van der Waals surface area contributed by atoms with E-state index in [1.165, 1.54) is 6.92 Å². The minimum atomic E-state index is -1.01. The number of carbonyl (C=O) groups is 3. The lowest BCUT2D eigenvalue weighted by Crippen LogP contribution is -2.38. The zero-order valence-electron chi connectivity index (χ0n) is 17.4. The van der Waals surface area contributed by atoms with Crippen LogP contribution in [0.4, 0.5) is 0 Å². The normalized spacial score (nSPS) is 12.8. The molecule has 1 atom stereocenters. The van der Waals surface area contributed by atoms with Crippen LogP contribution in [0.5, 0.6) is 11.5 Å². The molecule has 0 spiro atoms. The second-order valence-corrected chi connectivity index (χ2v) is 7.28. The number of fused-ring (bicyclic) bond motifs is 2. The van der Waals surface area contributed by atoms with Gasteiger partial charge in [-0.15, -0.1) is 0 Å². The molecule has 8 nitrogen and oxygen atoms in total. The van der Waals surface area contributed by atoms with Gasteiger partial charge in [-0.25, -0.2) is 0 Å². The maximum Gasteiger partial charge on any atom is 0.326 e. The lowest BCUT2D eigenvalue weighted by atomic mass is 10.1. The molecule has 1 aliphatic heterocycles. The summed E-state index contributed by atoms with van der Waals surface area (Å²) in [5, 5.41) is 7.17. The number of ether oxygens (including phenoxy) is 3. The van der Waals surface area contributed by atoms with E-state index < -0.39 is 23.9 Å². The van der Waals surface area contributed by atoms with Gasteiger partial charge in [0.05, 0.1) is 0 Å². The van der Waals surface area contributed by atoms with Crippen LogP contribution >= 0.6 is 0 Å². The van der Waals surface area contributed by atoms with E-state index in [4.69, 9.17) is 14.2 Å². The third kappa shape index (κ3) is 4.97. The van der Waals surface area contributed by atoms with Gasteiger partial charge in [-0.05, 0) is 47.5 Å². The van der Waals surface area contributed by atoms with Gasteiger partial charge in [0, 0.05) is 12.1 Å². The van der Waals surface area contributed by atoms with Crippen LogP contribution < -0.4 is 20.1 Å². The molecule has 0 aliphatic carbocycles. The number of carbonyl (C=O) groups excluding carboxylic acids is 3. The zero-order chi connectivity index (χ0) is 22.5. The third-order valence-electron chi connectivity index (χ3n) is 4.99. The van der Waals surface area contributed by atoms with Crippen molar-refractivity contribution in [1.29, 1.82) is 0 Å². The van der Waals surface area contributed by atoms with Crippen molar-refractivity contribution in [2.45, 2.75) is 19.6 Å². The third-order valence-corrected chi connectivity index (χ3v) is 4.99. The summed E-state index contributed by atoms with van der Waals surface area (Å²) in [6.45, 7) is 1.55. The Morgan fingerprint density at radius 2 is 1.72 bits per heavy atom. The van der Waals surface area contributed by atoms with Gasteiger partial charge in [0.15, 0.2) is 17.6 Å². The quantitative estimate of drug-likeness (QED) is 0.554. The Kier molecular flexibility index (Phi) is 6.21. The van der Waals surface area contributed by atoms with E-state index in [0.29, 0.717) is 17.1 Å². The molecule has 0 saturated heterocycles. The highest BCUT2D eigenvalue weighted by Gasteiger charge is 2.19. The Balaban J connectivity index is 1.23. The number of nitrogens with one attached hydrogen (secondary N) is 2. The average Bonchev–Trinajstić information content (AvgIpc) is 3.28. The molecule has 2 amide bonds. The smallest absolute Gasteiger partial charge is 0.326 e. The van der Waals surface area contributed by atoms with Crippen molar-refractivity contribution in [2.24, 2.45) is 0 Å². The van der Waals surface area contributed by atoms with Crippen molar-refractivity contribution in [3.63, 3.8) is 0 Å². The predicted octanol–water partition coefficient (Wildman–Crippen LogP) is 2.55. The number of hydrogen-bond acceptors (Lipinski definition) is 6. The highest BCUT2D eigenvalue weighted by molar-refractivity contribution is 5.99. The fraction of sp³-hybridized carbons (Fsp3) is 0.208. The summed E-state index contributed by atoms with van der Waals surface area (Å²) >= 11 is 0. The maximum absolute atomic E-state index is 12.3. The Hall–Kier alpha value is -4.07. The van der Waals surface area contributed by atoms with Crippen LogP contribution in [0.3, 0.4) is 0 Å². The molecule has 0 saturated carbocycles. The molecule has 1 heterocycles. The molecule has 0 bridgehead atoms. The molecule has 0 unspecified atom stereocenters. The summed E-state index contributed by atoms with van der Waals surface area (Å²) in [6, 6.07) is 18.3. The van der Waals surface area contributed by atoms with Gasteiger partial charge in [0.25, 0.3) is 11.8 Å². The van der Waals surface area contributed by atoms with E-state index in [2.05, 4.69) is 10.6 Å².